The Morgan fingerprint density at radius 3 is 2.70 bits per heavy atom. The first-order valence-electron chi connectivity index (χ1n) is 10.4. The summed E-state index contributed by atoms with van der Waals surface area (Å²) in [5.41, 5.74) is 4.15. The molecule has 5 aromatic rings. The fourth-order valence-corrected chi connectivity index (χ4v) is 4.49. The highest BCUT2D eigenvalue weighted by molar-refractivity contribution is 7.98. The minimum atomic E-state index is -0.243. The lowest BCUT2D eigenvalue weighted by Crippen LogP contribution is -2.04. The Bertz CT molecular complexity index is 1410. The highest BCUT2D eigenvalue weighted by Crippen LogP contribution is 2.29. The number of methoxy groups -OCH3 is 1. The summed E-state index contributed by atoms with van der Waals surface area (Å²) in [5, 5.41) is 0.793. The first-order valence-corrected chi connectivity index (χ1v) is 11.4. The summed E-state index contributed by atoms with van der Waals surface area (Å²) in [7, 11) is 1.63. The fourth-order valence-electron chi connectivity index (χ4n) is 3.55. The second-order valence-corrected chi connectivity index (χ2v) is 8.44. The highest BCUT2D eigenvalue weighted by Gasteiger charge is 2.18. The van der Waals surface area contributed by atoms with Crippen LogP contribution in [0.1, 0.15) is 17.0 Å². The van der Waals surface area contributed by atoms with Crippen LogP contribution < -0.4 is 4.74 Å². The van der Waals surface area contributed by atoms with Gasteiger partial charge in [-0.25, -0.2) is 19.3 Å². The molecular weight excluding hydrogens is 439 g/mol. The molecule has 0 N–H and O–H groups in total. The predicted octanol–water partition coefficient (Wildman–Crippen LogP) is 5.88. The summed E-state index contributed by atoms with van der Waals surface area (Å²) in [5.74, 6) is 2.41. The largest absolute Gasteiger partial charge is 0.497 e. The molecule has 0 saturated heterocycles. The van der Waals surface area contributed by atoms with E-state index in [1.165, 1.54) is 17.8 Å². The van der Waals surface area contributed by atoms with E-state index in [4.69, 9.17) is 19.1 Å². The van der Waals surface area contributed by atoms with Gasteiger partial charge in [-0.05, 0) is 61.0 Å². The maximum absolute atomic E-state index is 13.6. The molecule has 0 radical (unpaired) electrons. The number of pyridine rings is 1. The third-order valence-electron chi connectivity index (χ3n) is 5.26. The maximum atomic E-state index is 13.6. The second-order valence-electron chi connectivity index (χ2n) is 7.50. The van der Waals surface area contributed by atoms with Crippen LogP contribution >= 0.6 is 11.8 Å². The number of aromatic nitrogens is 4. The van der Waals surface area contributed by atoms with Crippen molar-refractivity contribution in [1.29, 1.82) is 0 Å². The lowest BCUT2D eigenvalue weighted by Gasteiger charge is -2.07. The monoisotopic (exact) mass is 460 g/mol. The number of hydrogen-bond donors (Lipinski definition) is 0. The van der Waals surface area contributed by atoms with E-state index in [0.717, 1.165) is 44.7 Å². The van der Waals surface area contributed by atoms with Gasteiger partial charge in [0, 0.05) is 17.5 Å². The molecule has 0 bridgehead atoms. The predicted molar refractivity (Wildman–Crippen MR) is 126 cm³/mol. The molecule has 5 rings (SSSR count). The van der Waals surface area contributed by atoms with E-state index in [1.807, 2.05) is 54.0 Å². The fraction of sp³-hybridized carbons (Fsp3) is 0.160. The summed E-state index contributed by atoms with van der Waals surface area (Å²) < 4.78 is 26.8. The average molecular weight is 461 g/mol. The van der Waals surface area contributed by atoms with Gasteiger partial charge >= 0.3 is 0 Å². The normalized spacial score (nSPS) is 11.2. The van der Waals surface area contributed by atoms with Gasteiger partial charge in [0.05, 0.1) is 13.7 Å². The Kier molecular flexibility index (Phi) is 5.83. The standard InChI is InChI=1S/C25H21FN4O2S/c1-16-22(28-24(32-16)18-8-10-20(31-2)11-9-18)14-30-23-21(7-4-12-27-23)29-25(30)33-15-17-5-3-6-19(26)13-17/h3-13H,14-15H2,1-2H3. The minimum absolute atomic E-state index is 0.243. The number of imidazole rings is 1. The van der Waals surface area contributed by atoms with Crippen molar-refractivity contribution in [2.75, 3.05) is 7.11 Å². The quantitative estimate of drug-likeness (QED) is 0.283. The third-order valence-corrected chi connectivity index (χ3v) is 6.31. The molecule has 166 valence electrons. The van der Waals surface area contributed by atoms with Crippen LogP contribution in [0.2, 0.25) is 0 Å². The molecule has 0 aliphatic rings. The van der Waals surface area contributed by atoms with Gasteiger partial charge in [-0.15, -0.1) is 0 Å². The number of nitrogens with zero attached hydrogens (tertiary/aromatic N) is 4. The summed E-state index contributed by atoms with van der Waals surface area (Å²) in [4.78, 5) is 14.0. The number of ether oxygens (including phenoxy) is 1. The van der Waals surface area contributed by atoms with Crippen molar-refractivity contribution >= 4 is 22.9 Å². The van der Waals surface area contributed by atoms with Crippen LogP contribution in [0, 0.1) is 12.7 Å². The van der Waals surface area contributed by atoms with E-state index in [-0.39, 0.29) is 5.82 Å². The minimum Gasteiger partial charge on any atom is -0.497 e. The molecule has 0 aliphatic carbocycles. The van der Waals surface area contributed by atoms with Crippen molar-refractivity contribution in [2.24, 2.45) is 0 Å². The molecule has 2 aromatic carbocycles. The summed E-state index contributed by atoms with van der Waals surface area (Å²) >= 11 is 1.54. The van der Waals surface area contributed by atoms with E-state index in [1.54, 1.807) is 25.4 Å². The van der Waals surface area contributed by atoms with Crippen LogP contribution in [0.15, 0.2) is 76.4 Å². The van der Waals surface area contributed by atoms with E-state index in [2.05, 4.69) is 4.98 Å². The Balaban J connectivity index is 1.45. The molecule has 0 aliphatic heterocycles. The van der Waals surface area contributed by atoms with Gasteiger partial charge in [-0.2, -0.15) is 0 Å². The molecule has 0 fully saturated rings. The Morgan fingerprint density at radius 1 is 1.06 bits per heavy atom. The zero-order chi connectivity index (χ0) is 22.8. The number of halogens is 1. The van der Waals surface area contributed by atoms with Crippen molar-refractivity contribution < 1.29 is 13.5 Å². The van der Waals surface area contributed by atoms with Gasteiger partial charge in [0.15, 0.2) is 10.8 Å². The number of thioether (sulfide) groups is 1. The maximum Gasteiger partial charge on any atom is 0.226 e. The van der Waals surface area contributed by atoms with Gasteiger partial charge in [-0.1, -0.05) is 23.9 Å². The first kappa shape index (κ1) is 21.2. The highest BCUT2D eigenvalue weighted by atomic mass is 32.2. The lowest BCUT2D eigenvalue weighted by atomic mass is 10.2. The molecule has 6 nitrogen and oxygen atoms in total. The zero-order valence-corrected chi connectivity index (χ0v) is 19.0. The number of oxazole rings is 1. The molecule has 8 heteroatoms. The third kappa shape index (κ3) is 4.47. The molecule has 3 heterocycles. The first-order chi connectivity index (χ1) is 16.1. The van der Waals surface area contributed by atoms with Crippen LogP contribution in [0.5, 0.6) is 5.75 Å². The van der Waals surface area contributed by atoms with Crippen molar-refractivity contribution in [1.82, 2.24) is 19.5 Å². The van der Waals surface area contributed by atoms with E-state index < -0.39 is 0 Å². The van der Waals surface area contributed by atoms with E-state index in [0.29, 0.717) is 18.2 Å². The number of hydrogen-bond acceptors (Lipinski definition) is 6. The van der Waals surface area contributed by atoms with Crippen LogP contribution in [0.4, 0.5) is 4.39 Å². The van der Waals surface area contributed by atoms with Gasteiger partial charge < -0.3 is 9.15 Å². The zero-order valence-electron chi connectivity index (χ0n) is 18.2. The van der Waals surface area contributed by atoms with Crippen molar-refractivity contribution in [3.8, 4) is 17.2 Å². The lowest BCUT2D eigenvalue weighted by molar-refractivity contribution is 0.415. The van der Waals surface area contributed by atoms with Crippen LogP contribution in [-0.4, -0.2) is 26.6 Å². The molecule has 3 aromatic heterocycles. The molecule has 0 amide bonds. The topological polar surface area (TPSA) is 66.0 Å². The summed E-state index contributed by atoms with van der Waals surface area (Å²) in [6.07, 6.45) is 1.75. The average Bonchev–Trinajstić information content (AvgIpc) is 3.38. The number of rotatable bonds is 7. The second kappa shape index (κ2) is 9.07. The van der Waals surface area contributed by atoms with Gasteiger partial charge in [0.25, 0.3) is 0 Å². The van der Waals surface area contributed by atoms with Gasteiger partial charge in [0.1, 0.15) is 28.5 Å². The number of aryl methyl sites for hydroxylation is 1. The van der Waals surface area contributed by atoms with Crippen LogP contribution in [0.3, 0.4) is 0 Å². The summed E-state index contributed by atoms with van der Waals surface area (Å²) in [6, 6.07) is 18.0. The van der Waals surface area contributed by atoms with E-state index >= 15 is 0 Å². The Labute approximate surface area is 194 Å². The number of fused-ring (bicyclic) bond motifs is 1. The van der Waals surface area contributed by atoms with Gasteiger partial charge in [0.2, 0.25) is 5.89 Å². The molecular formula is C25H21FN4O2S. The van der Waals surface area contributed by atoms with E-state index in [9.17, 15) is 4.39 Å². The Hall–Kier alpha value is -3.65. The molecule has 0 atom stereocenters. The van der Waals surface area contributed by atoms with Crippen LogP contribution in [-0.2, 0) is 12.3 Å². The van der Waals surface area contributed by atoms with Crippen LogP contribution in [0.25, 0.3) is 22.6 Å². The Morgan fingerprint density at radius 2 is 1.91 bits per heavy atom. The van der Waals surface area contributed by atoms with Gasteiger partial charge in [-0.3, -0.25) is 4.57 Å². The molecule has 0 spiro atoms. The molecule has 0 saturated carbocycles. The summed E-state index contributed by atoms with van der Waals surface area (Å²) in [6.45, 7) is 2.37. The van der Waals surface area contributed by atoms with Crippen molar-refractivity contribution in [3.05, 3.63) is 89.7 Å². The molecule has 33 heavy (non-hydrogen) atoms. The van der Waals surface area contributed by atoms with Crippen molar-refractivity contribution in [2.45, 2.75) is 24.4 Å². The number of benzene rings is 2. The SMILES string of the molecule is COc1ccc(-c2nc(Cn3c(SCc4cccc(F)c4)nc4cccnc43)c(C)o2)cc1. The smallest absolute Gasteiger partial charge is 0.226 e. The van der Waals surface area contributed by atoms with Crippen molar-refractivity contribution in [3.63, 3.8) is 0 Å². The molecule has 0 unspecified atom stereocenters.